The van der Waals surface area contributed by atoms with Gasteiger partial charge in [0.1, 0.15) is 17.2 Å². The van der Waals surface area contributed by atoms with Gasteiger partial charge < -0.3 is 15.4 Å². The average Bonchev–Trinajstić information content (AvgIpc) is 3.59. The molecule has 31 heavy (non-hydrogen) atoms. The lowest BCUT2D eigenvalue weighted by molar-refractivity contribution is 0.0951. The Hall–Kier alpha value is -3.74. The molecule has 0 radical (unpaired) electrons. The maximum Gasteiger partial charge on any atom is 0.251 e. The Morgan fingerprint density at radius 1 is 1.23 bits per heavy atom. The van der Waals surface area contributed by atoms with Gasteiger partial charge in [0, 0.05) is 25.2 Å². The lowest BCUT2D eigenvalue weighted by atomic mass is 9.93. The molecule has 3 N–H and O–H groups in total. The predicted molar refractivity (Wildman–Crippen MR) is 118 cm³/mol. The minimum absolute atomic E-state index is 0.0819. The monoisotopic (exact) mass is 418 g/mol. The van der Waals surface area contributed by atoms with E-state index in [1.807, 2.05) is 30.2 Å². The highest BCUT2D eigenvalue weighted by atomic mass is 19.1. The summed E-state index contributed by atoms with van der Waals surface area (Å²) in [5.41, 5.74) is 3.72. The van der Waals surface area contributed by atoms with Crippen LogP contribution in [0, 0.1) is 11.2 Å². The number of carbonyl (C=O) groups is 1. The molecular weight excluding hydrogens is 395 g/mol. The first-order valence-electron chi connectivity index (χ1n) is 10.1. The topological polar surface area (TPSA) is 88.8 Å². The first kappa shape index (κ1) is 20.5. The lowest BCUT2D eigenvalue weighted by Gasteiger charge is -2.26. The second kappa shape index (κ2) is 8.55. The summed E-state index contributed by atoms with van der Waals surface area (Å²) in [7, 11) is 1.82. The third kappa shape index (κ3) is 4.71. The van der Waals surface area contributed by atoms with E-state index in [1.54, 1.807) is 30.3 Å². The number of carbonyl (C=O) groups excluding carboxylic acids is 1. The number of nitrogens with zero attached hydrogens (tertiary/aromatic N) is 2. The van der Waals surface area contributed by atoms with Crippen LogP contribution >= 0.6 is 0 Å². The third-order valence-corrected chi connectivity index (χ3v) is 5.32. The van der Waals surface area contributed by atoms with E-state index in [2.05, 4.69) is 10.5 Å². The number of amides is 1. The fraction of sp³-hybridized carbons (Fsp3) is 0.208. The molecule has 0 saturated heterocycles. The molecule has 2 aliphatic carbocycles. The minimum Gasteiger partial charge on any atom is -0.410 e. The van der Waals surface area contributed by atoms with Gasteiger partial charge in [-0.2, -0.15) is 0 Å². The van der Waals surface area contributed by atoms with Crippen molar-refractivity contribution in [3.8, 4) is 0 Å². The summed E-state index contributed by atoms with van der Waals surface area (Å²) in [6.07, 6.45) is 5.48. The molecule has 0 aliphatic heterocycles. The molecule has 0 aromatic heterocycles. The molecule has 0 bridgehead atoms. The standard InChI is InChI=1S/C24H23FN4O2/c1-29(14-15-5-7-19(25)8-6-15)22-13-18(12-21(28-31)23(22)26)16-3-2-4-17(11-16)24(30)27-20-9-10-20/h2-8,11-13,20,26,31H,9-10,14H2,1H3,(H,27,30)/b26-23?,28-21-. The number of halogens is 1. The number of benzene rings is 2. The van der Waals surface area contributed by atoms with Crippen molar-refractivity contribution in [2.75, 3.05) is 7.05 Å². The Morgan fingerprint density at radius 3 is 2.65 bits per heavy atom. The lowest BCUT2D eigenvalue weighted by Crippen LogP contribution is -2.29. The summed E-state index contributed by atoms with van der Waals surface area (Å²) in [6, 6.07) is 13.7. The average molecular weight is 418 g/mol. The molecule has 158 valence electrons. The van der Waals surface area contributed by atoms with Gasteiger partial charge in [0.05, 0.1) is 5.70 Å². The van der Waals surface area contributed by atoms with Crippen LogP contribution in [0.1, 0.15) is 34.3 Å². The first-order valence-corrected chi connectivity index (χ1v) is 10.1. The van der Waals surface area contributed by atoms with E-state index >= 15 is 0 Å². The van der Waals surface area contributed by atoms with Crippen LogP contribution in [-0.4, -0.2) is 40.5 Å². The normalized spacial score (nSPS) is 17.2. The zero-order chi connectivity index (χ0) is 22.0. The highest BCUT2D eigenvalue weighted by molar-refractivity contribution is 6.53. The Labute approximate surface area is 179 Å². The van der Waals surface area contributed by atoms with Gasteiger partial charge in [-0.15, -0.1) is 0 Å². The van der Waals surface area contributed by atoms with Crippen LogP contribution in [-0.2, 0) is 6.54 Å². The van der Waals surface area contributed by atoms with Crippen molar-refractivity contribution in [2.45, 2.75) is 25.4 Å². The maximum absolute atomic E-state index is 13.2. The fourth-order valence-corrected chi connectivity index (χ4v) is 3.44. The number of hydrogen-bond donors (Lipinski definition) is 3. The van der Waals surface area contributed by atoms with Crippen molar-refractivity contribution in [3.63, 3.8) is 0 Å². The van der Waals surface area contributed by atoms with E-state index in [0.717, 1.165) is 29.5 Å². The molecule has 0 heterocycles. The number of hydrogen-bond acceptors (Lipinski definition) is 5. The van der Waals surface area contributed by atoms with Crippen molar-refractivity contribution in [1.29, 1.82) is 5.41 Å². The molecule has 2 aliphatic rings. The molecule has 1 saturated carbocycles. The summed E-state index contributed by atoms with van der Waals surface area (Å²) in [5, 5.41) is 24.1. The minimum atomic E-state index is -0.304. The van der Waals surface area contributed by atoms with Crippen molar-refractivity contribution < 1.29 is 14.4 Å². The molecule has 1 amide bonds. The Morgan fingerprint density at radius 2 is 1.97 bits per heavy atom. The molecule has 2 aromatic carbocycles. The smallest absolute Gasteiger partial charge is 0.251 e. The van der Waals surface area contributed by atoms with E-state index in [-0.39, 0.29) is 29.2 Å². The maximum atomic E-state index is 13.2. The van der Waals surface area contributed by atoms with Gasteiger partial charge in [-0.25, -0.2) is 4.39 Å². The summed E-state index contributed by atoms with van der Waals surface area (Å²) < 4.78 is 13.2. The first-order chi connectivity index (χ1) is 14.9. The largest absolute Gasteiger partial charge is 0.410 e. The number of nitrogens with one attached hydrogen (secondary N) is 2. The molecule has 4 rings (SSSR count). The number of oxime groups is 1. The quantitative estimate of drug-likeness (QED) is 0.377. The van der Waals surface area contributed by atoms with E-state index in [0.29, 0.717) is 17.8 Å². The zero-order valence-electron chi connectivity index (χ0n) is 17.1. The zero-order valence-corrected chi connectivity index (χ0v) is 17.1. The van der Waals surface area contributed by atoms with Gasteiger partial charge in [-0.3, -0.25) is 10.2 Å². The highest BCUT2D eigenvalue weighted by Crippen LogP contribution is 2.26. The van der Waals surface area contributed by atoms with Crippen LogP contribution in [0.15, 0.2) is 71.5 Å². The summed E-state index contributed by atoms with van der Waals surface area (Å²) in [5.74, 6) is -0.413. The van der Waals surface area contributed by atoms with Crippen molar-refractivity contribution in [2.24, 2.45) is 5.16 Å². The van der Waals surface area contributed by atoms with E-state index < -0.39 is 0 Å². The van der Waals surface area contributed by atoms with E-state index in [4.69, 9.17) is 5.41 Å². The number of allylic oxidation sites excluding steroid dienone is 4. The van der Waals surface area contributed by atoms with E-state index in [9.17, 15) is 14.4 Å². The molecule has 0 spiro atoms. The molecule has 2 aromatic rings. The summed E-state index contributed by atoms with van der Waals surface area (Å²) in [6.45, 7) is 0.449. The predicted octanol–water partition coefficient (Wildman–Crippen LogP) is 3.98. The van der Waals surface area contributed by atoms with Crippen molar-refractivity contribution >= 4 is 22.9 Å². The second-order valence-corrected chi connectivity index (χ2v) is 7.80. The van der Waals surface area contributed by atoms with Gasteiger partial charge >= 0.3 is 0 Å². The van der Waals surface area contributed by atoms with Gasteiger partial charge in [0.2, 0.25) is 0 Å². The van der Waals surface area contributed by atoms with Crippen molar-refractivity contribution in [1.82, 2.24) is 10.2 Å². The molecule has 1 fully saturated rings. The molecular formula is C24H23FN4O2. The van der Waals surface area contributed by atoms with Crippen LogP contribution < -0.4 is 5.32 Å². The second-order valence-electron chi connectivity index (χ2n) is 7.80. The van der Waals surface area contributed by atoms with Crippen LogP contribution in [0.4, 0.5) is 4.39 Å². The molecule has 7 heteroatoms. The van der Waals surface area contributed by atoms with Crippen LogP contribution in [0.2, 0.25) is 0 Å². The Balaban J connectivity index is 1.62. The van der Waals surface area contributed by atoms with Crippen LogP contribution in [0.3, 0.4) is 0 Å². The van der Waals surface area contributed by atoms with Crippen LogP contribution in [0.5, 0.6) is 0 Å². The molecule has 0 unspecified atom stereocenters. The van der Waals surface area contributed by atoms with E-state index in [1.165, 1.54) is 12.1 Å². The van der Waals surface area contributed by atoms with Gasteiger partial charge in [0.15, 0.2) is 0 Å². The molecule has 6 nitrogen and oxygen atoms in total. The summed E-state index contributed by atoms with van der Waals surface area (Å²) >= 11 is 0. The summed E-state index contributed by atoms with van der Waals surface area (Å²) in [4.78, 5) is 14.3. The van der Waals surface area contributed by atoms with Gasteiger partial charge in [-0.05, 0) is 66.0 Å². The SMILES string of the molecule is CN(Cc1ccc(F)cc1)C1=CC(c2cccc(C(=O)NC3CC3)c2)=C/C(=N/O)C1=N. The molecule has 0 atom stereocenters. The third-order valence-electron chi connectivity index (χ3n) is 5.32. The highest BCUT2D eigenvalue weighted by Gasteiger charge is 2.25. The Kier molecular flexibility index (Phi) is 5.66. The van der Waals surface area contributed by atoms with Gasteiger partial charge in [0.25, 0.3) is 5.91 Å². The Bertz CT molecular complexity index is 1110. The van der Waals surface area contributed by atoms with Gasteiger partial charge in [-0.1, -0.05) is 29.4 Å². The van der Waals surface area contributed by atoms with Crippen molar-refractivity contribution in [3.05, 3.63) is 88.9 Å². The number of rotatable bonds is 6. The fourth-order valence-electron chi connectivity index (χ4n) is 3.44. The van der Waals surface area contributed by atoms with Crippen LogP contribution in [0.25, 0.3) is 5.57 Å².